The van der Waals surface area contributed by atoms with Crippen molar-refractivity contribution in [3.63, 3.8) is 0 Å². The second-order valence-electron chi connectivity index (χ2n) is 7.02. The third kappa shape index (κ3) is 1.11. The SMILES string of the molecule is CN(C)CC1CC2CC1C1C3C=CC(C3)C21. The third-order valence-corrected chi connectivity index (χ3v) is 6.01. The van der Waals surface area contributed by atoms with Crippen LogP contribution < -0.4 is 0 Å². The summed E-state index contributed by atoms with van der Waals surface area (Å²) in [7, 11) is 4.48. The van der Waals surface area contributed by atoms with E-state index in [4.69, 9.17) is 0 Å². The molecule has 0 amide bonds. The highest BCUT2D eigenvalue weighted by Gasteiger charge is 2.60. The van der Waals surface area contributed by atoms with Crippen molar-refractivity contribution in [1.82, 2.24) is 4.90 Å². The molecule has 4 bridgehead atoms. The largest absolute Gasteiger partial charge is 0.309 e. The molecule has 4 rings (SSSR count). The molecular weight excluding hydrogens is 194 g/mol. The van der Waals surface area contributed by atoms with Crippen LogP contribution in [0.1, 0.15) is 19.3 Å². The molecule has 0 heterocycles. The molecule has 0 N–H and O–H groups in total. The predicted molar refractivity (Wildman–Crippen MR) is 66.0 cm³/mol. The Morgan fingerprint density at radius 3 is 2.50 bits per heavy atom. The Morgan fingerprint density at radius 2 is 1.75 bits per heavy atom. The van der Waals surface area contributed by atoms with E-state index in [2.05, 4.69) is 31.1 Å². The molecule has 88 valence electrons. The fraction of sp³-hybridized carbons (Fsp3) is 0.867. The average Bonchev–Trinajstić information content (AvgIpc) is 2.93. The number of rotatable bonds is 2. The van der Waals surface area contributed by atoms with Gasteiger partial charge in [0.2, 0.25) is 0 Å². The summed E-state index contributed by atoms with van der Waals surface area (Å²) < 4.78 is 0. The van der Waals surface area contributed by atoms with Crippen molar-refractivity contribution < 1.29 is 0 Å². The van der Waals surface area contributed by atoms with E-state index >= 15 is 0 Å². The van der Waals surface area contributed by atoms with Crippen molar-refractivity contribution in [2.24, 2.45) is 41.4 Å². The zero-order chi connectivity index (χ0) is 10.9. The summed E-state index contributed by atoms with van der Waals surface area (Å²) >= 11 is 0. The second-order valence-corrected chi connectivity index (χ2v) is 7.02. The highest BCUT2D eigenvalue weighted by Crippen LogP contribution is 2.66. The highest BCUT2D eigenvalue weighted by molar-refractivity contribution is 5.20. The van der Waals surface area contributed by atoms with Gasteiger partial charge in [0.1, 0.15) is 0 Å². The lowest BCUT2D eigenvalue weighted by molar-refractivity contribution is 0.128. The number of hydrogen-bond donors (Lipinski definition) is 0. The van der Waals surface area contributed by atoms with Gasteiger partial charge in [0.25, 0.3) is 0 Å². The summed E-state index contributed by atoms with van der Waals surface area (Å²) in [5.74, 6) is 7.38. The Morgan fingerprint density at radius 1 is 1.00 bits per heavy atom. The van der Waals surface area contributed by atoms with Crippen LogP contribution in [0.15, 0.2) is 12.2 Å². The summed E-state index contributed by atoms with van der Waals surface area (Å²) in [6.07, 6.45) is 9.73. The average molecular weight is 217 g/mol. The molecule has 0 aromatic heterocycles. The molecule has 0 aromatic carbocycles. The van der Waals surface area contributed by atoms with E-state index in [1.807, 2.05) is 0 Å². The lowest BCUT2D eigenvalue weighted by atomic mass is 9.69. The molecule has 0 radical (unpaired) electrons. The predicted octanol–water partition coefficient (Wildman–Crippen LogP) is 2.64. The second kappa shape index (κ2) is 3.13. The number of allylic oxidation sites excluding steroid dienone is 2. The molecule has 0 spiro atoms. The van der Waals surface area contributed by atoms with Crippen molar-refractivity contribution in [1.29, 1.82) is 0 Å². The maximum absolute atomic E-state index is 2.55. The number of nitrogens with zero attached hydrogens (tertiary/aromatic N) is 1. The molecular formula is C15H23N. The molecule has 0 aliphatic heterocycles. The minimum Gasteiger partial charge on any atom is -0.309 e. The van der Waals surface area contributed by atoms with E-state index in [1.54, 1.807) is 12.8 Å². The van der Waals surface area contributed by atoms with Crippen LogP contribution in [-0.4, -0.2) is 25.5 Å². The van der Waals surface area contributed by atoms with Crippen molar-refractivity contribution in [3.05, 3.63) is 12.2 Å². The van der Waals surface area contributed by atoms with Gasteiger partial charge in [-0.15, -0.1) is 0 Å². The van der Waals surface area contributed by atoms with E-state index in [-0.39, 0.29) is 0 Å². The highest BCUT2D eigenvalue weighted by atomic mass is 15.1. The van der Waals surface area contributed by atoms with Crippen LogP contribution in [-0.2, 0) is 0 Å². The number of hydrogen-bond acceptors (Lipinski definition) is 1. The van der Waals surface area contributed by atoms with E-state index in [1.165, 1.54) is 13.0 Å². The Balaban J connectivity index is 1.59. The van der Waals surface area contributed by atoms with Crippen molar-refractivity contribution in [2.45, 2.75) is 19.3 Å². The smallest absolute Gasteiger partial charge is 0.000642 e. The topological polar surface area (TPSA) is 3.24 Å². The first-order valence-electron chi connectivity index (χ1n) is 7.07. The molecule has 16 heavy (non-hydrogen) atoms. The van der Waals surface area contributed by atoms with Gasteiger partial charge in [-0.2, -0.15) is 0 Å². The summed E-state index contributed by atoms with van der Waals surface area (Å²) in [5, 5.41) is 0. The van der Waals surface area contributed by atoms with Crippen LogP contribution in [0.4, 0.5) is 0 Å². The Hall–Kier alpha value is -0.300. The fourth-order valence-electron chi connectivity index (χ4n) is 5.83. The molecule has 1 heteroatoms. The Labute approximate surface area is 98.9 Å². The summed E-state index contributed by atoms with van der Waals surface area (Å²) in [4.78, 5) is 2.41. The van der Waals surface area contributed by atoms with Crippen LogP contribution in [0, 0.1) is 41.4 Å². The molecule has 4 aliphatic rings. The van der Waals surface area contributed by atoms with Crippen LogP contribution in [0.25, 0.3) is 0 Å². The molecule has 0 saturated heterocycles. The summed E-state index contributed by atoms with van der Waals surface area (Å²) in [6, 6.07) is 0. The molecule has 7 atom stereocenters. The minimum atomic E-state index is 0.981. The van der Waals surface area contributed by atoms with E-state index in [0.717, 1.165) is 41.4 Å². The maximum Gasteiger partial charge on any atom is 0.000642 e. The van der Waals surface area contributed by atoms with Gasteiger partial charge in [0, 0.05) is 6.54 Å². The minimum absolute atomic E-state index is 0.981. The first kappa shape index (κ1) is 9.70. The van der Waals surface area contributed by atoms with Crippen molar-refractivity contribution >= 4 is 0 Å². The lowest BCUT2D eigenvalue weighted by Crippen LogP contribution is -2.35. The lowest BCUT2D eigenvalue weighted by Gasteiger charge is -2.37. The van der Waals surface area contributed by atoms with Crippen LogP contribution >= 0.6 is 0 Å². The molecule has 3 saturated carbocycles. The van der Waals surface area contributed by atoms with E-state index in [9.17, 15) is 0 Å². The zero-order valence-electron chi connectivity index (χ0n) is 10.5. The van der Waals surface area contributed by atoms with Crippen LogP contribution in [0.3, 0.4) is 0 Å². The standard InChI is InChI=1S/C15H23N/c1-16(2)8-12-6-11-7-13(12)15-10-4-3-9(5-10)14(11)15/h3-4,9-15H,5-8H2,1-2H3. The van der Waals surface area contributed by atoms with Gasteiger partial charge in [0.15, 0.2) is 0 Å². The third-order valence-electron chi connectivity index (χ3n) is 6.01. The van der Waals surface area contributed by atoms with Gasteiger partial charge in [-0.25, -0.2) is 0 Å². The van der Waals surface area contributed by atoms with Crippen molar-refractivity contribution in [2.75, 3.05) is 20.6 Å². The van der Waals surface area contributed by atoms with Crippen LogP contribution in [0.2, 0.25) is 0 Å². The van der Waals surface area contributed by atoms with Gasteiger partial charge in [-0.05, 0) is 74.8 Å². The van der Waals surface area contributed by atoms with Crippen molar-refractivity contribution in [3.8, 4) is 0 Å². The van der Waals surface area contributed by atoms with Gasteiger partial charge in [-0.3, -0.25) is 0 Å². The number of fused-ring (bicyclic) bond motifs is 9. The fourth-order valence-corrected chi connectivity index (χ4v) is 5.83. The first-order chi connectivity index (χ1) is 7.74. The molecule has 3 fully saturated rings. The molecule has 7 unspecified atom stereocenters. The Kier molecular flexibility index (Phi) is 1.90. The van der Waals surface area contributed by atoms with E-state index < -0.39 is 0 Å². The van der Waals surface area contributed by atoms with E-state index in [0.29, 0.717) is 0 Å². The van der Waals surface area contributed by atoms with Gasteiger partial charge in [-0.1, -0.05) is 12.2 Å². The normalized spacial score (nSPS) is 56.6. The molecule has 0 aromatic rings. The molecule has 1 nitrogen and oxygen atoms in total. The molecule has 4 aliphatic carbocycles. The Bertz CT molecular complexity index is 332. The monoisotopic (exact) mass is 217 g/mol. The van der Waals surface area contributed by atoms with Gasteiger partial charge in [0.05, 0.1) is 0 Å². The van der Waals surface area contributed by atoms with Gasteiger partial charge >= 0.3 is 0 Å². The first-order valence-corrected chi connectivity index (χ1v) is 7.07. The maximum atomic E-state index is 2.55. The van der Waals surface area contributed by atoms with Crippen LogP contribution in [0.5, 0.6) is 0 Å². The quantitative estimate of drug-likeness (QED) is 0.508. The zero-order valence-corrected chi connectivity index (χ0v) is 10.5. The summed E-state index contributed by atoms with van der Waals surface area (Å²) in [5.41, 5.74) is 0. The summed E-state index contributed by atoms with van der Waals surface area (Å²) in [6.45, 7) is 1.34. The van der Waals surface area contributed by atoms with Gasteiger partial charge < -0.3 is 4.90 Å².